The quantitative estimate of drug-likeness (QED) is 0.862. The van der Waals surface area contributed by atoms with Crippen LogP contribution in [0.25, 0.3) is 0 Å². The average Bonchev–Trinajstić information content (AvgIpc) is 2.76. The van der Waals surface area contributed by atoms with E-state index in [0.29, 0.717) is 0 Å². The lowest BCUT2D eigenvalue weighted by Gasteiger charge is -2.16. The van der Waals surface area contributed by atoms with Crippen molar-refractivity contribution < 1.29 is 4.79 Å². The molecule has 1 heterocycles. The number of benzene rings is 1. The number of rotatable bonds is 2. The minimum absolute atomic E-state index is 0.0226. The van der Waals surface area contributed by atoms with Crippen molar-refractivity contribution in [2.45, 2.75) is 38.6 Å². The highest BCUT2D eigenvalue weighted by atomic mass is 32.1. The van der Waals surface area contributed by atoms with E-state index in [0.717, 1.165) is 36.3 Å². The lowest BCUT2D eigenvalue weighted by molar-refractivity contribution is 0.0938. The number of carbonyl (C=O) groups excluding carboxylic acids is 1. The molecule has 2 aromatic rings. The molecule has 20 heavy (non-hydrogen) atoms. The molecule has 1 aliphatic rings. The van der Waals surface area contributed by atoms with Gasteiger partial charge < -0.3 is 5.32 Å². The predicted octanol–water partition coefficient (Wildman–Crippen LogP) is 3.13. The van der Waals surface area contributed by atoms with Gasteiger partial charge in [0.25, 0.3) is 5.91 Å². The van der Waals surface area contributed by atoms with Crippen LogP contribution in [-0.2, 0) is 12.8 Å². The fraction of sp³-hybridized carbons (Fsp3) is 0.375. The van der Waals surface area contributed by atoms with Crippen molar-refractivity contribution in [2.24, 2.45) is 0 Å². The summed E-state index contributed by atoms with van der Waals surface area (Å²) in [5.41, 5.74) is 5.35. The van der Waals surface area contributed by atoms with E-state index in [9.17, 15) is 4.79 Å². The third kappa shape index (κ3) is 2.75. The van der Waals surface area contributed by atoms with E-state index < -0.39 is 0 Å². The first-order valence-electron chi connectivity index (χ1n) is 7.02. The molecule has 0 saturated heterocycles. The summed E-state index contributed by atoms with van der Waals surface area (Å²) in [6, 6.07) is 8.78. The molecule has 1 aromatic heterocycles. The summed E-state index contributed by atoms with van der Waals surface area (Å²) in [6.07, 6.45) is 4.21. The third-order valence-electron chi connectivity index (χ3n) is 3.87. The van der Waals surface area contributed by atoms with Gasteiger partial charge in [0, 0.05) is 6.04 Å². The second kappa shape index (κ2) is 5.75. The molecule has 0 aliphatic heterocycles. The van der Waals surface area contributed by atoms with Gasteiger partial charge in [0.1, 0.15) is 4.88 Å². The van der Waals surface area contributed by atoms with Crippen LogP contribution in [0.2, 0.25) is 0 Å². The molecule has 1 unspecified atom stereocenters. The zero-order chi connectivity index (χ0) is 13.9. The van der Waals surface area contributed by atoms with Gasteiger partial charge in [-0.3, -0.25) is 4.79 Å². The van der Waals surface area contributed by atoms with Crippen LogP contribution in [0, 0.1) is 6.92 Å². The first kappa shape index (κ1) is 13.3. The SMILES string of the molecule is Cc1ncsc1C(=O)NC1CCCc2ccccc2C1. The summed E-state index contributed by atoms with van der Waals surface area (Å²) in [7, 11) is 0. The molecule has 0 bridgehead atoms. The Kier molecular flexibility index (Phi) is 3.83. The Balaban J connectivity index is 1.73. The zero-order valence-electron chi connectivity index (χ0n) is 11.6. The number of nitrogens with one attached hydrogen (secondary N) is 1. The van der Waals surface area contributed by atoms with Gasteiger partial charge in [0.2, 0.25) is 0 Å². The third-order valence-corrected chi connectivity index (χ3v) is 4.80. The average molecular weight is 286 g/mol. The Hall–Kier alpha value is -1.68. The van der Waals surface area contributed by atoms with Crippen LogP contribution in [0.5, 0.6) is 0 Å². The molecule has 4 heteroatoms. The number of hydrogen-bond donors (Lipinski definition) is 1. The van der Waals surface area contributed by atoms with Gasteiger partial charge in [0.05, 0.1) is 11.2 Å². The van der Waals surface area contributed by atoms with Crippen LogP contribution in [0.15, 0.2) is 29.8 Å². The summed E-state index contributed by atoms with van der Waals surface area (Å²) < 4.78 is 0. The molecular weight excluding hydrogens is 268 g/mol. The van der Waals surface area contributed by atoms with Crippen molar-refractivity contribution in [3.8, 4) is 0 Å². The summed E-state index contributed by atoms with van der Waals surface area (Å²) >= 11 is 1.41. The molecule has 0 saturated carbocycles. The number of aromatic nitrogens is 1. The monoisotopic (exact) mass is 286 g/mol. The molecule has 3 rings (SSSR count). The largest absolute Gasteiger partial charge is 0.348 e. The van der Waals surface area contributed by atoms with Crippen LogP contribution < -0.4 is 5.32 Å². The van der Waals surface area contributed by atoms with E-state index in [2.05, 4.69) is 34.6 Å². The molecule has 104 valence electrons. The van der Waals surface area contributed by atoms with Crippen LogP contribution in [0.4, 0.5) is 0 Å². The number of fused-ring (bicyclic) bond motifs is 1. The fourth-order valence-corrected chi connectivity index (χ4v) is 3.51. The number of amides is 1. The minimum Gasteiger partial charge on any atom is -0.348 e. The Bertz CT molecular complexity index is 620. The smallest absolute Gasteiger partial charge is 0.263 e. The molecule has 1 aromatic carbocycles. The predicted molar refractivity (Wildman–Crippen MR) is 81.2 cm³/mol. The Morgan fingerprint density at radius 2 is 2.15 bits per heavy atom. The van der Waals surface area contributed by atoms with Gasteiger partial charge in [-0.25, -0.2) is 4.98 Å². The lowest BCUT2D eigenvalue weighted by Crippen LogP contribution is -2.36. The van der Waals surface area contributed by atoms with Gasteiger partial charge in [-0.1, -0.05) is 24.3 Å². The van der Waals surface area contributed by atoms with Gasteiger partial charge in [-0.05, 0) is 43.7 Å². The van der Waals surface area contributed by atoms with Crippen molar-refractivity contribution in [3.63, 3.8) is 0 Å². The molecule has 1 aliphatic carbocycles. The highest BCUT2D eigenvalue weighted by Gasteiger charge is 2.20. The lowest BCUT2D eigenvalue weighted by atomic mass is 10.0. The standard InChI is InChI=1S/C16H18N2OS/c1-11-15(20-10-17-11)16(19)18-14-8-4-7-12-5-2-3-6-13(12)9-14/h2-3,5-6,10,14H,4,7-9H2,1H3,(H,18,19). The van der Waals surface area contributed by atoms with Crippen molar-refractivity contribution in [1.29, 1.82) is 0 Å². The first-order chi connectivity index (χ1) is 9.74. The molecule has 0 spiro atoms. The van der Waals surface area contributed by atoms with Gasteiger partial charge >= 0.3 is 0 Å². The van der Waals surface area contributed by atoms with Crippen LogP contribution in [0.3, 0.4) is 0 Å². The Labute approximate surface area is 123 Å². The van der Waals surface area contributed by atoms with E-state index in [4.69, 9.17) is 0 Å². The number of thiazole rings is 1. The second-order valence-corrected chi connectivity index (χ2v) is 6.16. The van der Waals surface area contributed by atoms with E-state index in [1.54, 1.807) is 5.51 Å². The Morgan fingerprint density at radius 3 is 2.90 bits per heavy atom. The molecular formula is C16H18N2OS. The van der Waals surface area contributed by atoms with Crippen molar-refractivity contribution in [1.82, 2.24) is 10.3 Å². The maximum Gasteiger partial charge on any atom is 0.263 e. The molecule has 1 atom stereocenters. The minimum atomic E-state index is 0.0226. The summed E-state index contributed by atoms with van der Waals surface area (Å²) in [6.45, 7) is 1.88. The number of aryl methyl sites for hydroxylation is 2. The zero-order valence-corrected chi connectivity index (χ0v) is 12.4. The fourth-order valence-electron chi connectivity index (χ4n) is 2.80. The number of hydrogen-bond acceptors (Lipinski definition) is 3. The topological polar surface area (TPSA) is 42.0 Å². The molecule has 3 nitrogen and oxygen atoms in total. The van der Waals surface area contributed by atoms with Crippen molar-refractivity contribution in [3.05, 3.63) is 51.5 Å². The maximum absolute atomic E-state index is 12.3. The molecule has 1 N–H and O–H groups in total. The van der Waals surface area contributed by atoms with Crippen LogP contribution in [0.1, 0.15) is 39.3 Å². The van der Waals surface area contributed by atoms with Gasteiger partial charge in [-0.15, -0.1) is 11.3 Å². The normalized spacial score (nSPS) is 18.1. The van der Waals surface area contributed by atoms with E-state index in [1.807, 2.05) is 6.92 Å². The highest BCUT2D eigenvalue weighted by molar-refractivity contribution is 7.11. The van der Waals surface area contributed by atoms with E-state index in [1.165, 1.54) is 22.5 Å². The van der Waals surface area contributed by atoms with Gasteiger partial charge in [-0.2, -0.15) is 0 Å². The summed E-state index contributed by atoms with van der Waals surface area (Å²) in [4.78, 5) is 17.2. The van der Waals surface area contributed by atoms with Crippen molar-refractivity contribution >= 4 is 17.2 Å². The van der Waals surface area contributed by atoms with Gasteiger partial charge in [0.15, 0.2) is 0 Å². The van der Waals surface area contributed by atoms with E-state index in [-0.39, 0.29) is 11.9 Å². The second-order valence-electron chi connectivity index (χ2n) is 5.30. The summed E-state index contributed by atoms with van der Waals surface area (Å²) in [5.74, 6) is 0.0226. The molecule has 0 fully saturated rings. The number of carbonyl (C=O) groups is 1. The maximum atomic E-state index is 12.3. The molecule has 1 amide bonds. The first-order valence-corrected chi connectivity index (χ1v) is 7.90. The van der Waals surface area contributed by atoms with Crippen LogP contribution >= 0.6 is 11.3 Å². The molecule has 0 radical (unpaired) electrons. The number of nitrogens with zero attached hydrogens (tertiary/aromatic N) is 1. The van der Waals surface area contributed by atoms with Crippen molar-refractivity contribution in [2.75, 3.05) is 0 Å². The summed E-state index contributed by atoms with van der Waals surface area (Å²) in [5, 5.41) is 3.17. The highest BCUT2D eigenvalue weighted by Crippen LogP contribution is 2.21. The Morgan fingerprint density at radius 1 is 1.35 bits per heavy atom. The van der Waals surface area contributed by atoms with Crippen LogP contribution in [-0.4, -0.2) is 16.9 Å². The van der Waals surface area contributed by atoms with E-state index >= 15 is 0 Å².